The number of anilines is 1. The van der Waals surface area contributed by atoms with Crippen molar-refractivity contribution in [1.29, 1.82) is 0 Å². The van der Waals surface area contributed by atoms with E-state index >= 15 is 0 Å². The quantitative estimate of drug-likeness (QED) is 0.840. The molecule has 0 bridgehead atoms. The highest BCUT2D eigenvalue weighted by molar-refractivity contribution is 5.51. The lowest BCUT2D eigenvalue weighted by atomic mass is 10.3. The van der Waals surface area contributed by atoms with Crippen LogP contribution in [0.1, 0.15) is 5.69 Å². The number of hydrogen-bond acceptors (Lipinski definition) is 5. The fourth-order valence-corrected chi connectivity index (χ4v) is 1.56. The number of aromatic nitrogens is 2. The highest BCUT2D eigenvalue weighted by Crippen LogP contribution is 2.37. The van der Waals surface area contributed by atoms with Crippen LogP contribution in [0.4, 0.5) is 5.82 Å². The largest absolute Gasteiger partial charge is 0.493 e. The topological polar surface area (TPSA) is 82.4 Å². The van der Waals surface area contributed by atoms with Crippen molar-refractivity contribution in [2.24, 2.45) is 0 Å². The molecular formula is C12H15N3O3. The number of ether oxygens (including phenoxy) is 3. The average Bonchev–Trinajstić information content (AvgIpc) is 2.81. The van der Waals surface area contributed by atoms with E-state index in [2.05, 4.69) is 10.2 Å². The smallest absolute Gasteiger partial charge is 0.203 e. The Kier molecular flexibility index (Phi) is 3.57. The molecule has 96 valence electrons. The highest BCUT2D eigenvalue weighted by Gasteiger charge is 2.11. The number of rotatable bonds is 5. The molecule has 0 saturated heterocycles. The number of methoxy groups -OCH3 is 2. The van der Waals surface area contributed by atoms with Crippen molar-refractivity contribution in [2.45, 2.75) is 6.61 Å². The lowest BCUT2D eigenvalue weighted by molar-refractivity contribution is 0.262. The van der Waals surface area contributed by atoms with E-state index in [0.717, 1.165) is 5.69 Å². The molecule has 0 fully saturated rings. The molecule has 1 aromatic carbocycles. The van der Waals surface area contributed by atoms with Crippen molar-refractivity contribution in [1.82, 2.24) is 10.2 Å². The van der Waals surface area contributed by atoms with Crippen molar-refractivity contribution < 1.29 is 14.2 Å². The molecule has 1 aromatic heterocycles. The summed E-state index contributed by atoms with van der Waals surface area (Å²) in [5.41, 5.74) is 6.29. The molecule has 6 heteroatoms. The van der Waals surface area contributed by atoms with E-state index in [9.17, 15) is 0 Å². The third-order valence-electron chi connectivity index (χ3n) is 2.41. The first-order valence-electron chi connectivity index (χ1n) is 5.38. The second-order valence-corrected chi connectivity index (χ2v) is 3.60. The lowest BCUT2D eigenvalue weighted by Gasteiger charge is -2.13. The standard InChI is InChI=1S/C12H15N3O3/c1-16-9-4-3-5-10(17-2)12(9)18-7-8-6-11(13)15-14-8/h3-6H,7H2,1-2H3,(H3,13,14,15). The summed E-state index contributed by atoms with van der Waals surface area (Å²) in [4.78, 5) is 0. The third-order valence-corrected chi connectivity index (χ3v) is 2.41. The number of nitrogen functional groups attached to an aromatic ring is 1. The summed E-state index contributed by atoms with van der Waals surface area (Å²) in [6.07, 6.45) is 0. The normalized spacial score (nSPS) is 10.1. The van der Waals surface area contributed by atoms with Gasteiger partial charge in [-0.1, -0.05) is 6.07 Å². The second kappa shape index (κ2) is 5.31. The number of nitrogens with zero attached hydrogens (tertiary/aromatic N) is 1. The van der Waals surface area contributed by atoms with Gasteiger partial charge in [-0.25, -0.2) is 0 Å². The minimum Gasteiger partial charge on any atom is -0.493 e. The van der Waals surface area contributed by atoms with Gasteiger partial charge in [-0.15, -0.1) is 0 Å². The van der Waals surface area contributed by atoms with Gasteiger partial charge in [0.2, 0.25) is 5.75 Å². The van der Waals surface area contributed by atoms with Crippen LogP contribution >= 0.6 is 0 Å². The van der Waals surface area contributed by atoms with Gasteiger partial charge in [-0.3, -0.25) is 5.10 Å². The molecule has 0 aliphatic rings. The van der Waals surface area contributed by atoms with E-state index in [-0.39, 0.29) is 0 Å². The molecule has 2 aromatic rings. The zero-order chi connectivity index (χ0) is 13.0. The summed E-state index contributed by atoms with van der Waals surface area (Å²) < 4.78 is 16.1. The van der Waals surface area contributed by atoms with Gasteiger partial charge in [0, 0.05) is 6.07 Å². The molecule has 0 unspecified atom stereocenters. The van der Waals surface area contributed by atoms with Crippen molar-refractivity contribution in [3.8, 4) is 17.2 Å². The molecule has 18 heavy (non-hydrogen) atoms. The fourth-order valence-electron chi connectivity index (χ4n) is 1.56. The molecule has 2 rings (SSSR count). The first-order chi connectivity index (χ1) is 8.74. The van der Waals surface area contributed by atoms with E-state index in [0.29, 0.717) is 29.7 Å². The van der Waals surface area contributed by atoms with Crippen LogP contribution in [0, 0.1) is 0 Å². The number of nitrogens with two attached hydrogens (primary N) is 1. The van der Waals surface area contributed by atoms with Crippen molar-refractivity contribution in [3.05, 3.63) is 30.0 Å². The van der Waals surface area contributed by atoms with Gasteiger partial charge in [-0.2, -0.15) is 5.10 Å². The van der Waals surface area contributed by atoms with Crippen LogP contribution in [0.15, 0.2) is 24.3 Å². The summed E-state index contributed by atoms with van der Waals surface area (Å²) in [6, 6.07) is 7.15. The Morgan fingerprint density at radius 3 is 2.39 bits per heavy atom. The molecular weight excluding hydrogens is 234 g/mol. The van der Waals surface area contributed by atoms with Crippen molar-refractivity contribution in [3.63, 3.8) is 0 Å². The van der Waals surface area contributed by atoms with Crippen LogP contribution in [-0.2, 0) is 6.61 Å². The predicted molar refractivity (Wildman–Crippen MR) is 66.9 cm³/mol. The first kappa shape index (κ1) is 12.1. The van der Waals surface area contributed by atoms with Crippen molar-refractivity contribution in [2.75, 3.05) is 20.0 Å². The highest BCUT2D eigenvalue weighted by atomic mass is 16.5. The molecule has 0 radical (unpaired) electrons. The van der Waals surface area contributed by atoms with Crippen molar-refractivity contribution >= 4 is 5.82 Å². The number of H-pyrrole nitrogens is 1. The van der Waals surface area contributed by atoms with Crippen LogP contribution in [0.25, 0.3) is 0 Å². The Morgan fingerprint density at radius 2 is 1.89 bits per heavy atom. The second-order valence-electron chi connectivity index (χ2n) is 3.60. The fraction of sp³-hybridized carbons (Fsp3) is 0.250. The van der Waals surface area contributed by atoms with Crippen LogP contribution < -0.4 is 19.9 Å². The SMILES string of the molecule is COc1cccc(OC)c1OCc1cc(N)n[nH]1. The Balaban J connectivity index is 2.17. The summed E-state index contributed by atoms with van der Waals surface area (Å²) in [5, 5.41) is 6.59. The summed E-state index contributed by atoms with van der Waals surface area (Å²) >= 11 is 0. The minimum absolute atomic E-state index is 0.306. The van der Waals surface area contributed by atoms with E-state index in [1.165, 1.54) is 0 Å². The van der Waals surface area contributed by atoms with Crippen LogP contribution in [0.3, 0.4) is 0 Å². The summed E-state index contributed by atoms with van der Waals surface area (Å²) in [7, 11) is 3.16. The van der Waals surface area contributed by atoms with Crippen LogP contribution in [-0.4, -0.2) is 24.4 Å². The number of benzene rings is 1. The minimum atomic E-state index is 0.306. The van der Waals surface area contributed by atoms with Gasteiger partial charge in [0.1, 0.15) is 12.4 Å². The van der Waals surface area contributed by atoms with Crippen LogP contribution in [0.2, 0.25) is 0 Å². The first-order valence-corrected chi connectivity index (χ1v) is 5.38. The molecule has 6 nitrogen and oxygen atoms in total. The maximum absolute atomic E-state index is 5.67. The van der Waals surface area contributed by atoms with Gasteiger partial charge in [-0.05, 0) is 12.1 Å². The van der Waals surface area contributed by atoms with Gasteiger partial charge in [0.15, 0.2) is 11.5 Å². The molecule has 1 heterocycles. The molecule has 0 atom stereocenters. The Morgan fingerprint density at radius 1 is 1.22 bits per heavy atom. The zero-order valence-corrected chi connectivity index (χ0v) is 10.3. The summed E-state index contributed by atoms with van der Waals surface area (Å²) in [5.74, 6) is 2.21. The lowest BCUT2D eigenvalue weighted by Crippen LogP contribution is -2.00. The summed E-state index contributed by atoms with van der Waals surface area (Å²) in [6.45, 7) is 0.306. The van der Waals surface area contributed by atoms with Gasteiger partial charge in [0.05, 0.1) is 19.9 Å². The molecule has 0 spiro atoms. The van der Waals surface area contributed by atoms with E-state index in [1.807, 2.05) is 6.07 Å². The molecule has 3 N–H and O–H groups in total. The Hall–Kier alpha value is -2.37. The number of hydrogen-bond donors (Lipinski definition) is 2. The maximum Gasteiger partial charge on any atom is 0.203 e. The van der Waals surface area contributed by atoms with Gasteiger partial charge in [0.25, 0.3) is 0 Å². The predicted octanol–water partition coefficient (Wildman–Crippen LogP) is 1.59. The molecule has 0 amide bonds. The number of nitrogens with one attached hydrogen (secondary N) is 1. The van der Waals surface area contributed by atoms with Crippen LogP contribution in [0.5, 0.6) is 17.2 Å². The van der Waals surface area contributed by atoms with E-state index in [4.69, 9.17) is 19.9 Å². The monoisotopic (exact) mass is 249 g/mol. The third kappa shape index (κ3) is 2.48. The Labute approximate surface area is 105 Å². The molecule has 0 aliphatic carbocycles. The number of para-hydroxylation sites is 1. The van der Waals surface area contributed by atoms with E-state index in [1.54, 1.807) is 32.4 Å². The zero-order valence-electron chi connectivity index (χ0n) is 10.3. The van der Waals surface area contributed by atoms with E-state index < -0.39 is 0 Å². The average molecular weight is 249 g/mol. The Bertz CT molecular complexity index is 503. The van der Waals surface area contributed by atoms with Gasteiger partial charge < -0.3 is 19.9 Å². The number of aromatic amines is 1. The molecule has 0 aliphatic heterocycles. The molecule has 0 saturated carbocycles. The van der Waals surface area contributed by atoms with Gasteiger partial charge >= 0.3 is 0 Å². The maximum atomic E-state index is 5.67.